The van der Waals surface area contributed by atoms with Crippen LogP contribution >= 0.6 is 0 Å². The molecular weight excluding hydrogens is 584 g/mol. The lowest BCUT2D eigenvalue weighted by Gasteiger charge is -2.56. The van der Waals surface area contributed by atoms with E-state index in [0.717, 1.165) is 24.0 Å². The summed E-state index contributed by atoms with van der Waals surface area (Å²) in [6.45, 7) is 18.4. The Morgan fingerprint density at radius 3 is 2.52 bits per heavy atom. The van der Waals surface area contributed by atoms with Gasteiger partial charge in [-0.2, -0.15) is 0 Å². The fraction of sp³-hybridized carbons (Fsp3) is 0.553. The number of allylic oxidation sites excluding steroid dienone is 5. The molecule has 8 nitrogen and oxygen atoms in total. The van der Waals surface area contributed by atoms with Crippen LogP contribution in [-0.2, 0) is 25.5 Å². The highest BCUT2D eigenvalue weighted by Crippen LogP contribution is 2.69. The highest BCUT2D eigenvalue weighted by molar-refractivity contribution is 6.18. The summed E-state index contributed by atoms with van der Waals surface area (Å²) >= 11 is 0. The van der Waals surface area contributed by atoms with Crippen LogP contribution in [0.25, 0.3) is 0 Å². The third-order valence-corrected chi connectivity index (χ3v) is 11.7. The predicted octanol–water partition coefficient (Wildman–Crippen LogP) is 6.99. The summed E-state index contributed by atoms with van der Waals surface area (Å²) in [5.74, 6) is -0.231. The third kappa shape index (κ3) is 3.91. The van der Waals surface area contributed by atoms with E-state index >= 15 is 0 Å². The maximum atomic E-state index is 15.0. The minimum absolute atomic E-state index is 0.0546. The second-order valence-electron chi connectivity index (χ2n) is 15.4. The molecule has 1 N–H and O–H groups in total. The summed E-state index contributed by atoms with van der Waals surface area (Å²) in [5, 5.41) is 12.2. The molecule has 1 saturated heterocycles. The summed E-state index contributed by atoms with van der Waals surface area (Å²) in [4.78, 5) is 40.4. The number of ether oxygens (including phenoxy) is 4. The maximum Gasteiger partial charge on any atom is 0.298 e. The number of hydrogen-bond donors (Lipinski definition) is 1. The van der Waals surface area contributed by atoms with Gasteiger partial charge in [0.1, 0.15) is 34.2 Å². The van der Waals surface area contributed by atoms with Gasteiger partial charge in [0.2, 0.25) is 0 Å². The Morgan fingerprint density at radius 1 is 1.11 bits per heavy atom. The van der Waals surface area contributed by atoms with Crippen molar-refractivity contribution in [2.45, 2.75) is 115 Å². The molecular formula is C38H44O8. The number of carbonyl (C=O) groups excluding carboxylic acids is 3. The highest BCUT2D eigenvalue weighted by Gasteiger charge is 2.81. The minimum Gasteiger partial charge on any atom is -0.507 e. The molecule has 0 aromatic heterocycles. The number of Topliss-reactive ketones (excluding diaryl/α,β-unsaturated/α-hetero) is 2. The molecule has 3 heterocycles. The van der Waals surface area contributed by atoms with Crippen LogP contribution in [0.2, 0.25) is 0 Å². The summed E-state index contributed by atoms with van der Waals surface area (Å²) in [5.41, 5.74) is -0.259. The van der Waals surface area contributed by atoms with Gasteiger partial charge in [-0.15, -0.1) is 0 Å². The standard InChI is InChI=1S/C38H44O8/c1-19(2)9-10-24-32-28(25-17-36(8,44-32)13-12-23(25)20(3)4)31(41)29-30(40)26-15-22-16-27-35(6,7)46-37(34(22)42,14-11-21(5)43-18-39)38(26,27)45-33(24)29/h9,11,15,18,22-23,25,27,41H,3,10,12-14,16-17H2,1-2,4-8H3/b21-11-/t22?,23?,25-,27?,36+,37-,38+/m0/s1. The predicted molar refractivity (Wildman–Crippen MR) is 171 cm³/mol. The molecule has 7 aliphatic rings. The van der Waals surface area contributed by atoms with Gasteiger partial charge in [-0.1, -0.05) is 29.9 Å². The Kier molecular flexibility index (Phi) is 6.68. The zero-order chi connectivity index (χ0) is 33.1. The van der Waals surface area contributed by atoms with Gasteiger partial charge < -0.3 is 24.1 Å². The number of ketones is 2. The fourth-order valence-electron chi connectivity index (χ4n) is 9.68. The van der Waals surface area contributed by atoms with Gasteiger partial charge >= 0.3 is 0 Å². The lowest BCUT2D eigenvalue weighted by atomic mass is 9.51. The van der Waals surface area contributed by atoms with E-state index < -0.39 is 28.3 Å². The summed E-state index contributed by atoms with van der Waals surface area (Å²) in [6, 6.07) is 0. The normalized spacial score (nSPS) is 36.0. The van der Waals surface area contributed by atoms with Crippen molar-refractivity contribution < 1.29 is 38.4 Å². The van der Waals surface area contributed by atoms with Crippen molar-refractivity contribution in [3.05, 3.63) is 64.0 Å². The second kappa shape index (κ2) is 9.93. The van der Waals surface area contributed by atoms with E-state index in [9.17, 15) is 19.5 Å². The van der Waals surface area contributed by atoms with Crippen LogP contribution in [0.15, 0.2) is 47.3 Å². The molecule has 1 aromatic rings. The molecule has 1 spiro atoms. The topological polar surface area (TPSA) is 108 Å². The maximum absolute atomic E-state index is 15.0. The smallest absolute Gasteiger partial charge is 0.298 e. The van der Waals surface area contributed by atoms with E-state index in [1.165, 1.54) is 0 Å². The van der Waals surface area contributed by atoms with Crippen LogP contribution in [0, 0.1) is 17.8 Å². The Hall–Kier alpha value is -3.65. The number of fused-ring (bicyclic) bond motifs is 5. The second-order valence-corrected chi connectivity index (χ2v) is 15.4. The minimum atomic E-state index is -1.54. The van der Waals surface area contributed by atoms with Crippen LogP contribution in [0.4, 0.5) is 0 Å². The zero-order valence-corrected chi connectivity index (χ0v) is 27.9. The van der Waals surface area contributed by atoms with E-state index in [-0.39, 0.29) is 52.8 Å². The van der Waals surface area contributed by atoms with Crippen molar-refractivity contribution in [3.63, 3.8) is 0 Å². The molecule has 1 aromatic carbocycles. The number of phenolic OH excluding ortho intramolecular Hbond substituents is 1. The van der Waals surface area contributed by atoms with Crippen LogP contribution in [0.1, 0.15) is 108 Å². The molecule has 3 fully saturated rings. The molecule has 3 unspecified atom stereocenters. The number of rotatable bonds is 7. The van der Waals surface area contributed by atoms with Crippen LogP contribution in [0.3, 0.4) is 0 Å². The SMILES string of the molecule is C=C(C)C1CC[C@]2(C)C[C@@H]1c1c(O)c3c(c(CC=C(C)C)c1O2)O[C@]12C(=CC4CC1C(C)(C)O[C@@]2(C/C=C(/C)OC=O)C4=O)C3=O. The van der Waals surface area contributed by atoms with Gasteiger partial charge in [-0.25, -0.2) is 0 Å². The lowest BCUT2D eigenvalue weighted by Crippen LogP contribution is -2.72. The van der Waals surface area contributed by atoms with E-state index in [2.05, 4.69) is 19.6 Å². The number of hydrogen-bond acceptors (Lipinski definition) is 8. The van der Waals surface area contributed by atoms with Gasteiger partial charge in [0.15, 0.2) is 22.8 Å². The van der Waals surface area contributed by atoms with E-state index in [0.29, 0.717) is 53.9 Å². The molecule has 6 bridgehead atoms. The number of aromatic hydroxyl groups is 1. The van der Waals surface area contributed by atoms with Crippen LogP contribution in [0.5, 0.6) is 17.2 Å². The third-order valence-electron chi connectivity index (χ3n) is 11.7. The monoisotopic (exact) mass is 628 g/mol. The average molecular weight is 629 g/mol. The van der Waals surface area contributed by atoms with Gasteiger partial charge in [0.25, 0.3) is 6.47 Å². The first-order valence-corrected chi connectivity index (χ1v) is 16.5. The Balaban J connectivity index is 1.51. The molecule has 3 aliphatic heterocycles. The molecule has 2 saturated carbocycles. The van der Waals surface area contributed by atoms with E-state index in [4.69, 9.17) is 18.9 Å². The van der Waals surface area contributed by atoms with Crippen molar-refractivity contribution in [2.24, 2.45) is 17.8 Å². The summed E-state index contributed by atoms with van der Waals surface area (Å²) < 4.78 is 26.0. The quantitative estimate of drug-likeness (QED) is 0.196. The fourth-order valence-corrected chi connectivity index (χ4v) is 9.68. The molecule has 0 radical (unpaired) electrons. The van der Waals surface area contributed by atoms with Gasteiger partial charge in [0.05, 0.1) is 5.60 Å². The molecule has 8 rings (SSSR count). The molecule has 4 aliphatic carbocycles. The Morgan fingerprint density at radius 2 is 1.85 bits per heavy atom. The lowest BCUT2D eigenvalue weighted by molar-refractivity contribution is -0.171. The van der Waals surface area contributed by atoms with Gasteiger partial charge in [-0.3, -0.25) is 14.4 Å². The largest absolute Gasteiger partial charge is 0.507 e. The van der Waals surface area contributed by atoms with Crippen molar-refractivity contribution in [1.29, 1.82) is 0 Å². The first kappa shape index (κ1) is 31.0. The molecule has 7 atom stereocenters. The Bertz CT molecular complexity index is 1700. The average Bonchev–Trinajstić information content (AvgIpc) is 3.12. The van der Waals surface area contributed by atoms with Crippen LogP contribution in [-0.4, -0.2) is 45.5 Å². The zero-order valence-electron chi connectivity index (χ0n) is 27.9. The number of carbonyl (C=O) groups is 3. The van der Waals surface area contributed by atoms with E-state index in [1.807, 2.05) is 34.6 Å². The number of benzene rings is 1. The number of phenols is 1. The first-order chi connectivity index (χ1) is 21.6. The van der Waals surface area contributed by atoms with Crippen molar-refractivity contribution in [2.75, 3.05) is 0 Å². The van der Waals surface area contributed by atoms with Gasteiger partial charge in [0, 0.05) is 40.9 Å². The summed E-state index contributed by atoms with van der Waals surface area (Å²) in [6.07, 6.45) is 8.89. The molecule has 244 valence electrons. The summed E-state index contributed by atoms with van der Waals surface area (Å²) in [7, 11) is 0. The first-order valence-electron chi connectivity index (χ1n) is 16.5. The highest BCUT2D eigenvalue weighted by atomic mass is 16.6. The van der Waals surface area contributed by atoms with Crippen molar-refractivity contribution in [3.8, 4) is 17.2 Å². The van der Waals surface area contributed by atoms with Crippen molar-refractivity contribution in [1.82, 2.24) is 0 Å². The molecule has 46 heavy (non-hydrogen) atoms. The van der Waals surface area contributed by atoms with Crippen molar-refractivity contribution >= 4 is 18.0 Å². The molecule has 0 amide bonds. The van der Waals surface area contributed by atoms with Gasteiger partial charge in [-0.05, 0) is 92.6 Å². The van der Waals surface area contributed by atoms with Crippen LogP contribution < -0.4 is 9.47 Å². The molecule has 8 heteroatoms. The van der Waals surface area contributed by atoms with E-state index in [1.54, 1.807) is 19.1 Å². The Labute approximate surface area is 270 Å².